The number of benzene rings is 3. The number of aromatic nitrogens is 3. The molecule has 9 heterocycles. The number of hydrogen-bond donors (Lipinski definition) is 7. The van der Waals surface area contributed by atoms with E-state index in [9.17, 15) is 64.8 Å². The van der Waals surface area contributed by atoms with Crippen molar-refractivity contribution in [2.75, 3.05) is 99.0 Å². The van der Waals surface area contributed by atoms with Crippen LogP contribution >= 0.6 is 35.3 Å². The van der Waals surface area contributed by atoms with E-state index in [0.717, 1.165) is 32.8 Å². The van der Waals surface area contributed by atoms with Crippen LogP contribution in [0.5, 0.6) is 5.75 Å². The zero-order valence-corrected chi connectivity index (χ0v) is 81.9. The number of urea groups is 3. The van der Waals surface area contributed by atoms with Crippen molar-refractivity contribution in [1.82, 2.24) is 69.5 Å². The number of nitrogens with one attached hydrogen (secondary N) is 7. The van der Waals surface area contributed by atoms with Crippen molar-refractivity contribution >= 4 is 145 Å². The molecule has 0 saturated carbocycles. The van der Waals surface area contributed by atoms with Gasteiger partial charge in [-0.1, -0.05) is 43.8 Å². The van der Waals surface area contributed by atoms with Crippen LogP contribution in [0, 0.1) is 5.92 Å². The van der Waals surface area contributed by atoms with Crippen LogP contribution < -0.4 is 42.1 Å². The highest BCUT2D eigenvalue weighted by Gasteiger charge is 2.55. The van der Waals surface area contributed by atoms with Crippen LogP contribution in [0.4, 0.5) is 31.4 Å². The normalized spacial score (nSPS) is 19.5. The van der Waals surface area contributed by atoms with Crippen molar-refractivity contribution in [3.8, 4) is 5.75 Å². The molecule has 3 aromatic carbocycles. The molecule has 133 heavy (non-hydrogen) atoms. The first-order chi connectivity index (χ1) is 62.1. The summed E-state index contributed by atoms with van der Waals surface area (Å²) >= 11 is 7.04. The van der Waals surface area contributed by atoms with Crippen molar-refractivity contribution < 1.29 is 88.0 Å². The molecule has 7 N–H and O–H groups in total. The largest absolute Gasteiger partial charge is 0.458 e. The zero-order chi connectivity index (χ0) is 96.5. The van der Waals surface area contributed by atoms with Gasteiger partial charge in [-0.15, -0.1) is 40.3 Å². The Morgan fingerprint density at radius 1 is 0.444 bits per heavy atom. The third-order valence-electron chi connectivity index (χ3n) is 22.3. The van der Waals surface area contributed by atoms with Crippen LogP contribution in [0.15, 0.2) is 156 Å². The van der Waals surface area contributed by atoms with Gasteiger partial charge in [-0.3, -0.25) is 34.1 Å². The lowest BCUT2D eigenvalue weighted by Crippen LogP contribution is -2.57. The molecule has 0 aliphatic carbocycles. The highest BCUT2D eigenvalue weighted by Crippen LogP contribution is 2.45. The van der Waals surface area contributed by atoms with Crippen LogP contribution in [-0.2, 0) is 99.6 Å². The van der Waals surface area contributed by atoms with Gasteiger partial charge < -0.3 is 75.9 Å². The van der Waals surface area contributed by atoms with Gasteiger partial charge in [0.05, 0.1) is 23.8 Å². The van der Waals surface area contributed by atoms with E-state index in [1.54, 1.807) is 224 Å². The van der Waals surface area contributed by atoms with E-state index in [1.165, 1.54) is 72.6 Å². The number of likely N-dealkylation sites (tertiary alicyclic amines) is 1. The van der Waals surface area contributed by atoms with Gasteiger partial charge in [0, 0.05) is 153 Å². The van der Waals surface area contributed by atoms with Crippen molar-refractivity contribution in [2.45, 2.75) is 227 Å². The number of thioether (sulfide) groups is 3. The number of hydrogen-bond acceptors (Lipinski definition) is 28. The minimum atomic E-state index is -4.12. The smallest absolute Gasteiger partial charge is 0.329 e. The van der Waals surface area contributed by atoms with Gasteiger partial charge in [0.2, 0.25) is 43.7 Å². The minimum Gasteiger partial charge on any atom is -0.458 e. The van der Waals surface area contributed by atoms with Gasteiger partial charge in [-0.25, -0.2) is 45.6 Å². The molecule has 6 aliphatic heterocycles. The minimum absolute atomic E-state index is 0. The predicted octanol–water partition coefficient (Wildman–Crippen LogP) is 9.64. The van der Waals surface area contributed by atoms with E-state index >= 15 is 0 Å². The summed E-state index contributed by atoms with van der Waals surface area (Å²) in [6.45, 7) is 31.8. The summed E-state index contributed by atoms with van der Waals surface area (Å²) in [4.78, 5) is 161. The molecule has 6 atom stereocenters. The maximum absolute atomic E-state index is 14.1. The Morgan fingerprint density at radius 2 is 0.767 bits per heavy atom. The number of anilines is 3. The van der Waals surface area contributed by atoms with E-state index < -0.39 is 117 Å². The molecule has 0 bridgehead atoms. The molecule has 36 nitrogen and oxygen atoms in total. The fourth-order valence-corrected chi connectivity index (χ4v) is 22.8. The van der Waals surface area contributed by atoms with Crippen LogP contribution in [0.3, 0.4) is 0 Å². The average molecular weight is 1950 g/mol. The Morgan fingerprint density at radius 3 is 1.11 bits per heavy atom. The number of pyridine rings is 3. The van der Waals surface area contributed by atoms with Crippen LogP contribution in [-0.4, -0.2) is 279 Å². The van der Waals surface area contributed by atoms with E-state index in [4.69, 9.17) is 23.3 Å². The molecule has 0 unspecified atom stereocenters. The number of nitrogens with zero attached hydrogens (tertiary/aromatic N) is 10. The lowest BCUT2D eigenvalue weighted by molar-refractivity contribution is -0.160. The fourth-order valence-electron chi connectivity index (χ4n) is 15.5. The Hall–Kier alpha value is -10.2. The standard InChI is InChI=1S/C61H81N11O12S3.C29H40N6O6S2.CH4.OS/c1-58(2,3)82-54(76)47(66-52(74)50-60(7,8)85-38-71(50)84-45-13-11-25-62-36-45)33-40-15-19-43(20-16-40)64-56(78)69-27-23-42(24-28-69)35-49(73)68-29-31-70(32-30-68)57(79)65-44-21-17-41(18-22-44)34-48(55(77)83-59(4,5)6)67-53(75)51-61(9,10)86-39-72(51)87(80,81)46-14-12-26-63-37-46;1-28(2,3)41-26(37)23(17-20-8-10-21(11-9-20)32-27(38)34-15-13-30-14-16-34)33-25(36)24-29(4,5)42-19-35(24)43(39,40)22-7-6-12-31-18-22;;1-2/h11-22,25-26,36-37,42,47-48,50-51H,23-24,27-35,38-39H2,1-10H3,(H,64,78)(H,65,79)(H,66,74)(H,67,75);6-12,18,23-24,30H,13-17,19H2,1-5H3,(H,32,38)(H,33,36);1H4;/t47-,48-,50+,51+;23-,24+;;/m00../s1. The number of piperazine rings is 2. The molecule has 0 radical (unpaired) electrons. The van der Waals surface area contributed by atoms with E-state index in [0.29, 0.717) is 106 Å². The summed E-state index contributed by atoms with van der Waals surface area (Å²) in [6, 6.07) is 23.3. The SMILES string of the molecule is C.CC(C)(C)OC(=O)[C@H](Cc1ccc(NC(=O)N2CCC(CC(=O)N3CCN(C(=O)Nc4ccc(C[C@H](NC(=O)[C@H]5N(S(=O)(=O)c6cccnc6)CSC5(C)C)C(=O)OC(C)(C)C)cc4)CC3)CC2)cc1)NC(=O)[C@H]1N(Oc2cccnc2)CSC1(C)C.CC(C)(C)OC(=O)[C@H](Cc1ccc(NC(=O)N2CCNCC2)cc1)NC(=O)[C@H]1N(S(=O)(=O)c2cccnc2)CSC1(C)C.O=S. The van der Waals surface area contributed by atoms with Gasteiger partial charge in [0.15, 0.2) is 18.3 Å². The fraction of sp³-hybridized carbons (Fsp3) is 0.527. The summed E-state index contributed by atoms with van der Waals surface area (Å²) < 4.78 is 79.6. The second-order valence-corrected chi connectivity index (χ2v) is 45.8. The first kappa shape index (κ1) is 107. The summed E-state index contributed by atoms with van der Waals surface area (Å²) in [5, 5.41) is 22.1. The Kier molecular flexibility index (Phi) is 36.8. The lowest BCUT2D eigenvalue weighted by Gasteiger charge is -2.36. The highest BCUT2D eigenvalue weighted by atomic mass is 32.2. The third kappa shape index (κ3) is 29.7. The number of esters is 3. The van der Waals surface area contributed by atoms with Crippen molar-refractivity contribution in [1.29, 1.82) is 0 Å². The molecule has 6 fully saturated rings. The topological polar surface area (TPSA) is 439 Å². The van der Waals surface area contributed by atoms with E-state index in [1.807, 2.05) is 13.8 Å². The highest BCUT2D eigenvalue weighted by molar-refractivity contribution is 8.02. The molecule has 42 heteroatoms. The first-order valence-electron chi connectivity index (χ1n) is 43.4. The van der Waals surface area contributed by atoms with Gasteiger partial charge in [0.1, 0.15) is 62.8 Å². The molecular formula is C91H125N17O19S6. The van der Waals surface area contributed by atoms with Crippen LogP contribution in [0.2, 0.25) is 0 Å². The lowest BCUT2D eigenvalue weighted by atomic mass is 9.93. The Bertz CT molecular complexity index is 5230. The average Bonchev–Trinajstić information content (AvgIpc) is 1.58. The molecule has 6 saturated heterocycles. The van der Waals surface area contributed by atoms with Crippen molar-refractivity contribution in [2.24, 2.45) is 5.92 Å². The maximum atomic E-state index is 14.1. The molecular weight excluding hydrogens is 1830 g/mol. The quantitative estimate of drug-likeness (QED) is 0.0196. The Balaban J connectivity index is 0.000000361. The number of rotatable bonds is 26. The van der Waals surface area contributed by atoms with E-state index in [2.05, 4.69) is 64.7 Å². The molecule has 0 spiro atoms. The second kappa shape index (κ2) is 45.9. The summed E-state index contributed by atoms with van der Waals surface area (Å²) in [5.41, 5.74) is 1.26. The summed E-state index contributed by atoms with van der Waals surface area (Å²) in [5.74, 6) is -2.46. The van der Waals surface area contributed by atoms with Crippen molar-refractivity contribution in [3.05, 3.63) is 163 Å². The number of amides is 10. The number of carbonyl (C=O) groups excluding carboxylic acids is 10. The van der Waals surface area contributed by atoms with Gasteiger partial charge in [-0.2, -0.15) is 12.8 Å². The molecule has 3 aromatic heterocycles. The maximum Gasteiger partial charge on any atom is 0.329 e. The monoisotopic (exact) mass is 1950 g/mol. The number of ether oxygens (including phenoxy) is 3. The number of sulfonamides is 2. The molecule has 10 amide bonds. The van der Waals surface area contributed by atoms with Crippen molar-refractivity contribution in [3.63, 3.8) is 0 Å². The zero-order valence-electron chi connectivity index (χ0n) is 77.0. The van der Waals surface area contributed by atoms with Gasteiger partial charge in [0.25, 0.3) is 0 Å². The second-order valence-electron chi connectivity index (χ2n) is 37.2. The summed E-state index contributed by atoms with van der Waals surface area (Å²) in [7, 11) is -8.16. The molecule has 12 rings (SSSR count). The Labute approximate surface area is 797 Å². The van der Waals surface area contributed by atoms with Crippen LogP contribution in [0.25, 0.3) is 0 Å². The number of carbonyl (C=O) groups is 10. The predicted molar refractivity (Wildman–Crippen MR) is 511 cm³/mol. The number of hydroxylamine groups is 2. The summed E-state index contributed by atoms with van der Waals surface area (Å²) in [6.07, 6.45) is 10.5. The van der Waals surface area contributed by atoms with E-state index in [-0.39, 0.29) is 84.1 Å². The number of piperidine rings is 1. The van der Waals surface area contributed by atoms with Crippen LogP contribution in [0.1, 0.15) is 147 Å². The first-order valence-corrected chi connectivity index (χ1v) is 49.6. The van der Waals surface area contributed by atoms with Gasteiger partial charge >= 0.3 is 36.0 Å². The third-order valence-corrected chi connectivity index (χ3v) is 30.3. The molecule has 724 valence electrons. The molecule has 6 aliphatic rings. The molecule has 6 aromatic rings. The van der Waals surface area contributed by atoms with Gasteiger partial charge in [-0.05, 0) is 212 Å².